The normalized spacial score (nSPS) is 29.1. The number of rotatable bonds is 3. The van der Waals surface area contributed by atoms with Crippen LogP contribution in [0.2, 0.25) is 0 Å². The smallest absolute Gasteiger partial charge is 0.318 e. The molecule has 1 amide bonds. The zero-order valence-electron chi connectivity index (χ0n) is 14.7. The maximum absolute atomic E-state index is 12.6. The van der Waals surface area contributed by atoms with Gasteiger partial charge in [0.1, 0.15) is 6.10 Å². The van der Waals surface area contributed by atoms with Crippen LogP contribution in [-0.2, 0) is 14.3 Å². The summed E-state index contributed by atoms with van der Waals surface area (Å²) in [5, 5.41) is 11.3. The lowest BCUT2D eigenvalue weighted by molar-refractivity contribution is -0.133. The Hall–Kier alpha value is -1.67. The number of ether oxygens (including phenoxy) is 2. The van der Waals surface area contributed by atoms with E-state index in [0.717, 1.165) is 51.9 Å². The number of anilines is 1. The molecule has 0 radical (unpaired) electrons. The monoisotopic (exact) mass is 350 g/mol. The minimum atomic E-state index is -0.307. The molecule has 2 atom stereocenters. The second-order valence-electron chi connectivity index (χ2n) is 7.34. The third-order valence-electron chi connectivity index (χ3n) is 5.83. The van der Waals surface area contributed by atoms with Crippen LogP contribution in [0.4, 0.5) is 6.01 Å². The number of aryl methyl sites for hydroxylation is 1. The molecule has 0 aliphatic carbocycles. The summed E-state index contributed by atoms with van der Waals surface area (Å²) in [7, 11) is 0. The van der Waals surface area contributed by atoms with Crippen LogP contribution in [-0.4, -0.2) is 61.2 Å². The maximum Gasteiger partial charge on any atom is 0.318 e. The summed E-state index contributed by atoms with van der Waals surface area (Å²) in [6.45, 7) is 5.51. The lowest BCUT2D eigenvalue weighted by Gasteiger charge is -2.49. The lowest BCUT2D eigenvalue weighted by atomic mass is 9.69. The van der Waals surface area contributed by atoms with Gasteiger partial charge in [0.05, 0.1) is 6.04 Å². The van der Waals surface area contributed by atoms with Gasteiger partial charge in [-0.15, -0.1) is 5.10 Å². The van der Waals surface area contributed by atoms with Gasteiger partial charge >= 0.3 is 6.01 Å². The van der Waals surface area contributed by atoms with E-state index in [9.17, 15) is 4.79 Å². The van der Waals surface area contributed by atoms with Crippen LogP contribution >= 0.6 is 0 Å². The van der Waals surface area contributed by atoms with Gasteiger partial charge in [0, 0.05) is 39.8 Å². The van der Waals surface area contributed by atoms with Crippen molar-refractivity contribution in [2.45, 2.75) is 51.2 Å². The maximum atomic E-state index is 12.6. The van der Waals surface area contributed by atoms with Crippen molar-refractivity contribution in [2.75, 3.05) is 37.8 Å². The number of hydrogen-bond acceptors (Lipinski definition) is 7. The molecule has 1 unspecified atom stereocenters. The Balaban J connectivity index is 1.51. The standard InChI is InChI=1S/C17H26N4O4/c1-12-19-20-16(25-12)21-7-4-17(5-9-23-10-6-17)14(11-21)18-15(22)13-3-2-8-24-13/h13-14H,2-11H2,1H3,(H,18,22)/t13-,14?/m0/s1. The fourth-order valence-corrected chi connectivity index (χ4v) is 4.25. The summed E-state index contributed by atoms with van der Waals surface area (Å²) in [5.41, 5.74) is 0.0814. The number of carbonyl (C=O) groups is 1. The van der Waals surface area contributed by atoms with Crippen LogP contribution in [0.3, 0.4) is 0 Å². The van der Waals surface area contributed by atoms with Crippen molar-refractivity contribution in [1.82, 2.24) is 15.5 Å². The van der Waals surface area contributed by atoms with Crippen LogP contribution < -0.4 is 10.2 Å². The largest absolute Gasteiger partial charge is 0.408 e. The first-order valence-corrected chi connectivity index (χ1v) is 9.21. The van der Waals surface area contributed by atoms with E-state index >= 15 is 0 Å². The fraction of sp³-hybridized carbons (Fsp3) is 0.824. The van der Waals surface area contributed by atoms with Crippen molar-refractivity contribution < 1.29 is 18.7 Å². The van der Waals surface area contributed by atoms with Gasteiger partial charge in [0.15, 0.2) is 0 Å². The molecule has 1 aromatic rings. The predicted octanol–water partition coefficient (Wildman–Crippen LogP) is 1.05. The lowest BCUT2D eigenvalue weighted by Crippen LogP contribution is -2.61. The van der Waals surface area contributed by atoms with Crippen LogP contribution in [0.15, 0.2) is 4.42 Å². The summed E-state index contributed by atoms with van der Waals surface area (Å²) in [6, 6.07) is 0.574. The van der Waals surface area contributed by atoms with Crippen molar-refractivity contribution >= 4 is 11.9 Å². The molecule has 8 heteroatoms. The zero-order chi connectivity index (χ0) is 17.3. The summed E-state index contributed by atoms with van der Waals surface area (Å²) in [6.07, 6.45) is 4.38. The van der Waals surface area contributed by atoms with Crippen LogP contribution in [0.1, 0.15) is 38.0 Å². The van der Waals surface area contributed by atoms with Crippen LogP contribution in [0.5, 0.6) is 0 Å². The molecule has 0 saturated carbocycles. The van der Waals surface area contributed by atoms with E-state index in [1.807, 2.05) is 0 Å². The second-order valence-corrected chi connectivity index (χ2v) is 7.34. The molecular formula is C17H26N4O4. The van der Waals surface area contributed by atoms with E-state index in [1.165, 1.54) is 0 Å². The Kier molecular flexibility index (Phi) is 4.64. The summed E-state index contributed by atoms with van der Waals surface area (Å²) < 4.78 is 16.7. The molecule has 25 heavy (non-hydrogen) atoms. The fourth-order valence-electron chi connectivity index (χ4n) is 4.25. The van der Waals surface area contributed by atoms with E-state index in [4.69, 9.17) is 13.9 Å². The number of nitrogens with one attached hydrogen (secondary N) is 1. The predicted molar refractivity (Wildman–Crippen MR) is 89.3 cm³/mol. The Morgan fingerprint density at radius 2 is 2.08 bits per heavy atom. The number of carbonyl (C=O) groups excluding carboxylic acids is 1. The minimum absolute atomic E-state index is 0.0110. The molecule has 3 aliphatic rings. The van der Waals surface area contributed by atoms with Gasteiger partial charge in [-0.2, -0.15) is 0 Å². The van der Waals surface area contributed by atoms with Crippen molar-refractivity contribution in [3.63, 3.8) is 0 Å². The summed E-state index contributed by atoms with van der Waals surface area (Å²) in [4.78, 5) is 14.7. The van der Waals surface area contributed by atoms with Gasteiger partial charge in [-0.1, -0.05) is 5.10 Å². The molecule has 3 aliphatic heterocycles. The Morgan fingerprint density at radius 1 is 1.24 bits per heavy atom. The molecule has 1 spiro atoms. The van der Waals surface area contributed by atoms with Crippen molar-refractivity contribution in [2.24, 2.45) is 5.41 Å². The van der Waals surface area contributed by atoms with Gasteiger partial charge in [-0.05, 0) is 37.5 Å². The molecule has 138 valence electrons. The molecular weight excluding hydrogens is 324 g/mol. The first kappa shape index (κ1) is 16.8. The van der Waals surface area contributed by atoms with Crippen LogP contribution in [0, 0.1) is 12.3 Å². The average Bonchev–Trinajstić information content (AvgIpc) is 3.29. The first-order valence-electron chi connectivity index (χ1n) is 9.21. The highest BCUT2D eigenvalue weighted by atomic mass is 16.5. The van der Waals surface area contributed by atoms with E-state index in [0.29, 0.717) is 25.1 Å². The summed E-state index contributed by atoms with van der Waals surface area (Å²) >= 11 is 0. The van der Waals surface area contributed by atoms with Crippen molar-refractivity contribution in [3.05, 3.63) is 5.89 Å². The Bertz CT molecular complexity index is 608. The number of piperidine rings is 1. The van der Waals surface area contributed by atoms with Gasteiger partial charge in [0.2, 0.25) is 11.8 Å². The molecule has 4 heterocycles. The molecule has 4 rings (SSSR count). The number of nitrogens with zero attached hydrogens (tertiary/aromatic N) is 3. The number of aromatic nitrogens is 2. The molecule has 3 saturated heterocycles. The van der Waals surface area contributed by atoms with Gasteiger partial charge < -0.3 is 24.1 Å². The highest BCUT2D eigenvalue weighted by Gasteiger charge is 2.46. The van der Waals surface area contributed by atoms with Gasteiger partial charge in [-0.3, -0.25) is 4.79 Å². The van der Waals surface area contributed by atoms with Crippen LogP contribution in [0.25, 0.3) is 0 Å². The third-order valence-corrected chi connectivity index (χ3v) is 5.83. The molecule has 3 fully saturated rings. The topological polar surface area (TPSA) is 89.7 Å². The molecule has 0 aromatic carbocycles. The highest BCUT2D eigenvalue weighted by Crippen LogP contribution is 2.41. The van der Waals surface area contributed by atoms with E-state index in [-0.39, 0.29) is 23.5 Å². The minimum Gasteiger partial charge on any atom is -0.408 e. The quantitative estimate of drug-likeness (QED) is 0.871. The Morgan fingerprint density at radius 3 is 2.76 bits per heavy atom. The highest BCUT2D eigenvalue weighted by molar-refractivity contribution is 5.81. The molecule has 1 N–H and O–H groups in total. The van der Waals surface area contributed by atoms with Crippen molar-refractivity contribution in [3.8, 4) is 0 Å². The number of amides is 1. The van der Waals surface area contributed by atoms with E-state index in [1.54, 1.807) is 6.92 Å². The average molecular weight is 350 g/mol. The van der Waals surface area contributed by atoms with E-state index < -0.39 is 0 Å². The Labute approximate surface area is 147 Å². The zero-order valence-corrected chi connectivity index (χ0v) is 14.7. The first-order chi connectivity index (χ1) is 12.2. The van der Waals surface area contributed by atoms with Crippen molar-refractivity contribution in [1.29, 1.82) is 0 Å². The number of hydrogen-bond donors (Lipinski definition) is 1. The molecule has 8 nitrogen and oxygen atoms in total. The molecule has 0 bridgehead atoms. The van der Waals surface area contributed by atoms with Gasteiger partial charge in [-0.25, -0.2) is 0 Å². The van der Waals surface area contributed by atoms with Gasteiger partial charge in [0.25, 0.3) is 0 Å². The van der Waals surface area contributed by atoms with E-state index in [2.05, 4.69) is 20.4 Å². The SMILES string of the molecule is Cc1nnc(N2CCC3(CCOCC3)C(NC(=O)[C@@H]3CCCO3)C2)o1. The summed E-state index contributed by atoms with van der Waals surface area (Å²) in [5.74, 6) is 0.568. The second kappa shape index (κ2) is 6.92. The molecule has 1 aromatic heterocycles. The third kappa shape index (κ3) is 3.37.